The number of aryl methyl sites for hydroxylation is 2. The van der Waals surface area contributed by atoms with E-state index in [4.69, 9.17) is 5.73 Å². The number of hydrogen-bond donors (Lipinski definition) is 1. The number of aromatic nitrogens is 2. The van der Waals surface area contributed by atoms with Crippen molar-refractivity contribution in [3.8, 4) is 0 Å². The van der Waals surface area contributed by atoms with Crippen molar-refractivity contribution >= 4 is 0 Å². The van der Waals surface area contributed by atoms with E-state index in [1.54, 1.807) is 0 Å². The van der Waals surface area contributed by atoms with Crippen LogP contribution < -0.4 is 5.73 Å². The molecule has 0 amide bonds. The van der Waals surface area contributed by atoms with E-state index < -0.39 is 0 Å². The molecule has 17 heavy (non-hydrogen) atoms. The molecule has 0 spiro atoms. The highest BCUT2D eigenvalue weighted by Gasteiger charge is 2.06. The van der Waals surface area contributed by atoms with Crippen molar-refractivity contribution in [3.05, 3.63) is 59.7 Å². The van der Waals surface area contributed by atoms with E-state index in [-0.39, 0.29) is 6.04 Å². The molecule has 1 unspecified atom stereocenters. The van der Waals surface area contributed by atoms with Crippen LogP contribution in [0.2, 0.25) is 0 Å². The van der Waals surface area contributed by atoms with Crippen LogP contribution in [-0.4, -0.2) is 9.97 Å². The molecular weight excluding hydrogens is 210 g/mol. The number of nitrogens with zero attached hydrogens (tertiary/aromatic N) is 2. The summed E-state index contributed by atoms with van der Waals surface area (Å²) in [6.07, 6.45) is 5.46. The molecule has 0 aliphatic heterocycles. The predicted octanol–water partition coefficient (Wildman–Crippen LogP) is 2.42. The Labute approximate surface area is 102 Å². The molecule has 3 nitrogen and oxygen atoms in total. The third-order valence-corrected chi connectivity index (χ3v) is 2.80. The molecule has 2 rings (SSSR count). The first-order valence-electron chi connectivity index (χ1n) is 5.84. The van der Waals surface area contributed by atoms with Crippen molar-refractivity contribution in [2.45, 2.75) is 25.8 Å². The van der Waals surface area contributed by atoms with E-state index in [1.165, 1.54) is 0 Å². The molecule has 0 aromatic carbocycles. The second-order valence-corrected chi connectivity index (χ2v) is 4.20. The van der Waals surface area contributed by atoms with Gasteiger partial charge in [0.05, 0.1) is 0 Å². The molecule has 0 aliphatic rings. The van der Waals surface area contributed by atoms with Crippen molar-refractivity contribution in [2.24, 2.45) is 5.73 Å². The van der Waals surface area contributed by atoms with Crippen LogP contribution in [0.5, 0.6) is 0 Å². The summed E-state index contributed by atoms with van der Waals surface area (Å²) >= 11 is 0. The Kier molecular flexibility index (Phi) is 3.83. The molecule has 0 saturated carbocycles. The maximum atomic E-state index is 6.13. The molecule has 0 fully saturated rings. The summed E-state index contributed by atoms with van der Waals surface area (Å²) in [5, 5.41) is 0. The minimum absolute atomic E-state index is 0.0325. The second-order valence-electron chi connectivity index (χ2n) is 4.20. The zero-order valence-electron chi connectivity index (χ0n) is 10.0. The molecule has 0 saturated heterocycles. The highest BCUT2D eigenvalue weighted by Crippen LogP contribution is 2.15. The van der Waals surface area contributed by atoms with Crippen molar-refractivity contribution in [1.82, 2.24) is 9.97 Å². The molecule has 2 aromatic rings. The summed E-state index contributed by atoms with van der Waals surface area (Å²) in [5.41, 5.74) is 9.32. The van der Waals surface area contributed by atoms with Gasteiger partial charge in [0.2, 0.25) is 0 Å². The summed E-state index contributed by atoms with van der Waals surface area (Å²) in [4.78, 5) is 8.55. The monoisotopic (exact) mass is 227 g/mol. The maximum Gasteiger partial charge on any atom is 0.0404 e. The van der Waals surface area contributed by atoms with Gasteiger partial charge in [0.15, 0.2) is 0 Å². The summed E-state index contributed by atoms with van der Waals surface area (Å²) in [6.45, 7) is 1.98. The van der Waals surface area contributed by atoms with Crippen LogP contribution in [0.15, 0.2) is 42.7 Å². The lowest BCUT2D eigenvalue weighted by Crippen LogP contribution is -2.12. The molecule has 3 heteroatoms. The van der Waals surface area contributed by atoms with Gasteiger partial charge in [-0.1, -0.05) is 12.1 Å². The zero-order chi connectivity index (χ0) is 12.1. The molecule has 1 atom stereocenters. The molecule has 2 aromatic heterocycles. The number of rotatable bonds is 4. The van der Waals surface area contributed by atoms with Crippen LogP contribution in [0.4, 0.5) is 0 Å². The van der Waals surface area contributed by atoms with Gasteiger partial charge in [-0.25, -0.2) is 0 Å². The summed E-state index contributed by atoms with van der Waals surface area (Å²) in [7, 11) is 0. The molecule has 0 radical (unpaired) electrons. The fraction of sp³-hybridized carbons (Fsp3) is 0.286. The molecule has 88 valence electrons. The van der Waals surface area contributed by atoms with Crippen molar-refractivity contribution in [1.29, 1.82) is 0 Å². The lowest BCUT2D eigenvalue weighted by molar-refractivity contribution is 0.641. The SMILES string of the molecule is Cc1ccc(C(N)CCc2ccccn2)cn1. The molecule has 2 N–H and O–H groups in total. The number of hydrogen-bond acceptors (Lipinski definition) is 3. The first kappa shape index (κ1) is 11.7. The summed E-state index contributed by atoms with van der Waals surface area (Å²) in [5.74, 6) is 0. The highest BCUT2D eigenvalue weighted by atomic mass is 14.7. The first-order chi connectivity index (χ1) is 8.25. The quantitative estimate of drug-likeness (QED) is 0.872. The minimum atomic E-state index is 0.0325. The van der Waals surface area contributed by atoms with Gasteiger partial charge < -0.3 is 5.73 Å². The smallest absolute Gasteiger partial charge is 0.0404 e. The van der Waals surface area contributed by atoms with Crippen molar-refractivity contribution in [3.63, 3.8) is 0 Å². The van der Waals surface area contributed by atoms with Crippen LogP contribution in [0.1, 0.15) is 29.4 Å². The van der Waals surface area contributed by atoms with Crippen LogP contribution >= 0.6 is 0 Å². The van der Waals surface area contributed by atoms with Gasteiger partial charge in [0.1, 0.15) is 0 Å². The van der Waals surface area contributed by atoms with Crippen LogP contribution in [0, 0.1) is 6.92 Å². The van der Waals surface area contributed by atoms with Crippen LogP contribution in [0.25, 0.3) is 0 Å². The third kappa shape index (κ3) is 3.36. The molecular formula is C14H17N3. The van der Waals surface area contributed by atoms with Crippen molar-refractivity contribution in [2.75, 3.05) is 0 Å². The minimum Gasteiger partial charge on any atom is -0.324 e. The van der Waals surface area contributed by atoms with E-state index in [0.29, 0.717) is 0 Å². The van der Waals surface area contributed by atoms with E-state index in [0.717, 1.165) is 29.8 Å². The molecule has 2 heterocycles. The van der Waals surface area contributed by atoms with Crippen LogP contribution in [-0.2, 0) is 6.42 Å². The van der Waals surface area contributed by atoms with Gasteiger partial charge >= 0.3 is 0 Å². The van der Waals surface area contributed by atoms with Gasteiger partial charge in [0.25, 0.3) is 0 Å². The summed E-state index contributed by atoms with van der Waals surface area (Å²) in [6, 6.07) is 10.0. The van der Waals surface area contributed by atoms with E-state index >= 15 is 0 Å². The predicted molar refractivity (Wildman–Crippen MR) is 68.5 cm³/mol. The molecule has 0 aliphatic carbocycles. The average Bonchev–Trinajstić information content (AvgIpc) is 2.38. The normalized spacial score (nSPS) is 12.4. The Hall–Kier alpha value is -1.74. The Morgan fingerprint density at radius 1 is 1.18 bits per heavy atom. The van der Waals surface area contributed by atoms with Crippen molar-refractivity contribution < 1.29 is 0 Å². The lowest BCUT2D eigenvalue weighted by Gasteiger charge is -2.11. The zero-order valence-corrected chi connectivity index (χ0v) is 10.0. The third-order valence-electron chi connectivity index (χ3n) is 2.80. The fourth-order valence-electron chi connectivity index (χ4n) is 1.71. The molecule has 0 bridgehead atoms. The van der Waals surface area contributed by atoms with Gasteiger partial charge in [0, 0.05) is 29.8 Å². The van der Waals surface area contributed by atoms with Gasteiger partial charge in [-0.2, -0.15) is 0 Å². The number of pyridine rings is 2. The van der Waals surface area contributed by atoms with Gasteiger partial charge in [-0.15, -0.1) is 0 Å². The van der Waals surface area contributed by atoms with Gasteiger partial charge in [-0.05, 0) is 43.5 Å². The highest BCUT2D eigenvalue weighted by molar-refractivity contribution is 5.17. The topological polar surface area (TPSA) is 51.8 Å². The van der Waals surface area contributed by atoms with E-state index in [1.807, 2.05) is 49.6 Å². The Morgan fingerprint density at radius 2 is 2.06 bits per heavy atom. The van der Waals surface area contributed by atoms with Crippen LogP contribution in [0.3, 0.4) is 0 Å². The average molecular weight is 227 g/mol. The second kappa shape index (κ2) is 5.55. The maximum absolute atomic E-state index is 6.13. The summed E-state index contributed by atoms with van der Waals surface area (Å²) < 4.78 is 0. The standard InChI is InChI=1S/C14H17N3/c1-11-5-6-12(10-17-11)14(15)8-7-13-4-2-3-9-16-13/h2-6,9-10,14H,7-8,15H2,1H3. The van der Waals surface area contributed by atoms with Gasteiger partial charge in [-0.3, -0.25) is 9.97 Å². The Balaban J connectivity index is 1.93. The van der Waals surface area contributed by atoms with E-state index in [2.05, 4.69) is 9.97 Å². The lowest BCUT2D eigenvalue weighted by atomic mass is 10.0. The Morgan fingerprint density at radius 3 is 2.71 bits per heavy atom. The number of nitrogens with two attached hydrogens (primary N) is 1. The Bertz CT molecular complexity index is 451. The fourth-order valence-corrected chi connectivity index (χ4v) is 1.71. The largest absolute Gasteiger partial charge is 0.324 e. The van der Waals surface area contributed by atoms with E-state index in [9.17, 15) is 0 Å². The first-order valence-corrected chi connectivity index (χ1v) is 5.84.